The van der Waals surface area contributed by atoms with Crippen molar-refractivity contribution >= 4 is 5.97 Å². The molecule has 0 atom stereocenters. The third-order valence-electron chi connectivity index (χ3n) is 2.45. The van der Waals surface area contributed by atoms with E-state index in [9.17, 15) is 18.0 Å². The van der Waals surface area contributed by atoms with Crippen molar-refractivity contribution in [1.82, 2.24) is 0 Å². The number of hydrogen-bond acceptors (Lipinski definition) is 4. The first-order valence-electron chi connectivity index (χ1n) is 6.00. The Morgan fingerprint density at radius 3 is 2.43 bits per heavy atom. The van der Waals surface area contributed by atoms with E-state index in [0.29, 0.717) is 19.3 Å². The zero-order valence-electron chi connectivity index (χ0n) is 11.3. The van der Waals surface area contributed by atoms with Crippen molar-refractivity contribution in [3.05, 3.63) is 29.3 Å². The van der Waals surface area contributed by atoms with Crippen molar-refractivity contribution in [3.8, 4) is 5.75 Å². The molecule has 0 unspecified atom stereocenters. The lowest BCUT2D eigenvalue weighted by molar-refractivity contribution is -0.137. The number of hydrogen-bond donors (Lipinski definition) is 1. The lowest BCUT2D eigenvalue weighted by Crippen LogP contribution is -2.13. The summed E-state index contributed by atoms with van der Waals surface area (Å²) in [6.45, 7) is 0.943. The van der Waals surface area contributed by atoms with Gasteiger partial charge < -0.3 is 19.3 Å². The third-order valence-corrected chi connectivity index (χ3v) is 2.45. The number of methoxy groups -OCH3 is 1. The fourth-order valence-electron chi connectivity index (χ4n) is 1.45. The maximum atomic E-state index is 12.5. The van der Waals surface area contributed by atoms with Crippen LogP contribution in [0.4, 0.5) is 13.2 Å². The minimum atomic E-state index is -4.61. The van der Waals surface area contributed by atoms with Crippen LogP contribution in [-0.2, 0) is 15.7 Å². The van der Waals surface area contributed by atoms with E-state index in [1.54, 1.807) is 0 Å². The summed E-state index contributed by atoms with van der Waals surface area (Å²) in [4.78, 5) is 11.0. The molecule has 21 heavy (non-hydrogen) atoms. The van der Waals surface area contributed by atoms with Gasteiger partial charge in [0.15, 0.2) is 0 Å². The Balaban J connectivity index is 2.67. The van der Waals surface area contributed by atoms with Crippen LogP contribution in [0.15, 0.2) is 18.2 Å². The van der Waals surface area contributed by atoms with Gasteiger partial charge in [0, 0.05) is 7.11 Å². The SMILES string of the molecule is COCCOCCOc1ccc(C(F)(F)F)cc1C(=O)O. The second kappa shape index (κ2) is 7.84. The van der Waals surface area contributed by atoms with Crippen LogP contribution < -0.4 is 4.74 Å². The lowest BCUT2D eigenvalue weighted by atomic mass is 10.1. The van der Waals surface area contributed by atoms with Crippen LogP contribution in [0.25, 0.3) is 0 Å². The largest absolute Gasteiger partial charge is 0.490 e. The molecule has 0 aliphatic rings. The molecular weight excluding hydrogens is 293 g/mol. The van der Waals surface area contributed by atoms with Gasteiger partial charge in [0.25, 0.3) is 0 Å². The smallest absolute Gasteiger partial charge is 0.416 e. The van der Waals surface area contributed by atoms with E-state index in [0.717, 1.165) is 12.1 Å². The predicted molar refractivity (Wildman–Crippen MR) is 66.6 cm³/mol. The second-order valence-electron chi connectivity index (χ2n) is 3.97. The van der Waals surface area contributed by atoms with Crippen LogP contribution in [0.2, 0.25) is 0 Å². The standard InChI is InChI=1S/C13H15F3O5/c1-19-4-5-20-6-7-21-11-3-2-9(13(14,15)16)8-10(11)12(17)18/h2-3,8H,4-7H2,1H3,(H,17,18). The molecule has 0 aliphatic carbocycles. The van der Waals surface area contributed by atoms with Crippen LogP contribution in [0, 0.1) is 0 Å². The van der Waals surface area contributed by atoms with Crippen molar-refractivity contribution in [1.29, 1.82) is 0 Å². The molecule has 0 fully saturated rings. The Hall–Kier alpha value is -1.80. The quantitative estimate of drug-likeness (QED) is 0.747. The molecule has 1 N–H and O–H groups in total. The van der Waals surface area contributed by atoms with E-state index in [2.05, 4.69) is 0 Å². The molecule has 0 bridgehead atoms. The molecule has 5 nitrogen and oxygen atoms in total. The minimum Gasteiger partial charge on any atom is -0.490 e. The summed E-state index contributed by atoms with van der Waals surface area (Å²) in [6, 6.07) is 2.30. The number of alkyl halides is 3. The number of aromatic carboxylic acids is 1. The summed E-state index contributed by atoms with van der Waals surface area (Å²) in [5.41, 5.74) is -1.58. The molecule has 1 rings (SSSR count). The van der Waals surface area contributed by atoms with Gasteiger partial charge in [-0.05, 0) is 18.2 Å². The molecular formula is C13H15F3O5. The fraction of sp³-hybridized carbons (Fsp3) is 0.462. The van der Waals surface area contributed by atoms with Crippen molar-refractivity contribution in [2.45, 2.75) is 6.18 Å². The number of rotatable bonds is 8. The molecule has 0 heterocycles. The van der Waals surface area contributed by atoms with Crippen molar-refractivity contribution < 1.29 is 37.3 Å². The normalized spacial score (nSPS) is 11.4. The summed E-state index contributed by atoms with van der Waals surface area (Å²) < 4.78 is 52.5. The summed E-state index contributed by atoms with van der Waals surface area (Å²) in [6.07, 6.45) is -4.61. The first-order valence-corrected chi connectivity index (χ1v) is 6.00. The highest BCUT2D eigenvalue weighted by molar-refractivity contribution is 5.91. The number of carbonyl (C=O) groups is 1. The maximum Gasteiger partial charge on any atom is 0.416 e. The summed E-state index contributed by atoms with van der Waals surface area (Å²) >= 11 is 0. The molecule has 118 valence electrons. The van der Waals surface area contributed by atoms with Gasteiger partial charge in [0.2, 0.25) is 0 Å². The van der Waals surface area contributed by atoms with Gasteiger partial charge in [-0.15, -0.1) is 0 Å². The maximum absolute atomic E-state index is 12.5. The highest BCUT2D eigenvalue weighted by atomic mass is 19.4. The monoisotopic (exact) mass is 308 g/mol. The van der Waals surface area contributed by atoms with E-state index < -0.39 is 23.3 Å². The predicted octanol–water partition coefficient (Wildman–Crippen LogP) is 2.45. The Kier molecular flexibility index (Phi) is 6.44. The van der Waals surface area contributed by atoms with Crippen molar-refractivity contribution in [3.63, 3.8) is 0 Å². The van der Waals surface area contributed by atoms with E-state index in [-0.39, 0.29) is 19.0 Å². The molecule has 0 saturated carbocycles. The van der Waals surface area contributed by atoms with Gasteiger partial charge in [0.05, 0.1) is 25.4 Å². The Morgan fingerprint density at radius 2 is 1.86 bits per heavy atom. The first-order chi connectivity index (χ1) is 9.86. The van der Waals surface area contributed by atoms with E-state index >= 15 is 0 Å². The summed E-state index contributed by atoms with van der Waals surface area (Å²) in [5.74, 6) is -1.62. The molecule has 0 aliphatic heterocycles. The molecule has 0 saturated heterocycles. The second-order valence-corrected chi connectivity index (χ2v) is 3.97. The highest BCUT2D eigenvalue weighted by Crippen LogP contribution is 2.32. The van der Waals surface area contributed by atoms with Gasteiger partial charge >= 0.3 is 12.1 Å². The van der Waals surface area contributed by atoms with Gasteiger partial charge in [-0.3, -0.25) is 0 Å². The van der Waals surface area contributed by atoms with E-state index in [4.69, 9.17) is 19.3 Å². The van der Waals surface area contributed by atoms with Crippen LogP contribution >= 0.6 is 0 Å². The third kappa shape index (κ3) is 5.60. The van der Waals surface area contributed by atoms with E-state index in [1.807, 2.05) is 0 Å². The van der Waals surface area contributed by atoms with Crippen molar-refractivity contribution in [2.24, 2.45) is 0 Å². The molecule has 0 aromatic heterocycles. The minimum absolute atomic E-state index is 0.0232. The Bertz CT molecular complexity index is 473. The Labute approximate surface area is 119 Å². The number of halogens is 3. The lowest BCUT2D eigenvalue weighted by Gasteiger charge is -2.12. The average molecular weight is 308 g/mol. The van der Waals surface area contributed by atoms with Crippen LogP contribution in [0.1, 0.15) is 15.9 Å². The van der Waals surface area contributed by atoms with Gasteiger partial charge in [0.1, 0.15) is 17.9 Å². The van der Waals surface area contributed by atoms with Gasteiger partial charge in [-0.1, -0.05) is 0 Å². The van der Waals surface area contributed by atoms with Crippen molar-refractivity contribution in [2.75, 3.05) is 33.5 Å². The highest BCUT2D eigenvalue weighted by Gasteiger charge is 2.32. The fourth-order valence-corrected chi connectivity index (χ4v) is 1.45. The topological polar surface area (TPSA) is 65.0 Å². The molecule has 0 amide bonds. The van der Waals surface area contributed by atoms with Gasteiger partial charge in [-0.25, -0.2) is 4.79 Å². The number of carboxylic acid groups (broad SMARTS) is 1. The summed E-state index contributed by atoms with van der Waals surface area (Å²) in [7, 11) is 1.52. The number of carboxylic acids is 1. The van der Waals surface area contributed by atoms with Gasteiger partial charge in [-0.2, -0.15) is 13.2 Å². The number of ether oxygens (including phenoxy) is 3. The molecule has 1 aromatic rings. The van der Waals surface area contributed by atoms with Crippen LogP contribution in [0.3, 0.4) is 0 Å². The van der Waals surface area contributed by atoms with Crippen LogP contribution in [-0.4, -0.2) is 44.6 Å². The molecule has 0 radical (unpaired) electrons. The number of benzene rings is 1. The molecule has 8 heteroatoms. The first kappa shape index (κ1) is 17.3. The zero-order valence-corrected chi connectivity index (χ0v) is 11.3. The molecule has 1 aromatic carbocycles. The Morgan fingerprint density at radius 1 is 1.19 bits per heavy atom. The van der Waals surface area contributed by atoms with E-state index in [1.165, 1.54) is 7.11 Å². The molecule has 0 spiro atoms. The summed E-state index contributed by atoms with van der Waals surface area (Å²) in [5, 5.41) is 8.93. The van der Waals surface area contributed by atoms with Crippen LogP contribution in [0.5, 0.6) is 5.75 Å². The average Bonchev–Trinajstić information content (AvgIpc) is 2.41. The zero-order chi connectivity index (χ0) is 15.9.